The first kappa shape index (κ1) is 19.1. The highest BCUT2D eigenvalue weighted by Gasteiger charge is 2.13. The second-order valence-electron chi connectivity index (χ2n) is 5.18. The van der Waals surface area contributed by atoms with E-state index in [2.05, 4.69) is 5.32 Å². The zero-order valence-corrected chi connectivity index (χ0v) is 15.1. The molecular formula is C19H22ClNO4. The smallest absolute Gasteiger partial charge is 0.255 e. The average molecular weight is 364 g/mol. The van der Waals surface area contributed by atoms with E-state index in [-0.39, 0.29) is 5.91 Å². The first-order chi connectivity index (χ1) is 12.2. The Kier molecular flexibility index (Phi) is 7.57. The number of nitrogens with one attached hydrogen (secondary N) is 1. The normalized spacial score (nSPS) is 10.4. The number of carbonyl (C=O) groups is 1. The predicted molar refractivity (Wildman–Crippen MR) is 97.6 cm³/mol. The molecule has 0 radical (unpaired) electrons. The van der Waals surface area contributed by atoms with Gasteiger partial charge in [-0.15, -0.1) is 0 Å². The van der Waals surface area contributed by atoms with Gasteiger partial charge in [0.15, 0.2) is 0 Å². The molecule has 0 fully saturated rings. The van der Waals surface area contributed by atoms with Crippen molar-refractivity contribution >= 4 is 17.5 Å². The summed E-state index contributed by atoms with van der Waals surface area (Å²) in [6, 6.07) is 12.4. The van der Waals surface area contributed by atoms with E-state index in [0.29, 0.717) is 48.5 Å². The third kappa shape index (κ3) is 5.66. The minimum atomic E-state index is -0.228. The van der Waals surface area contributed by atoms with Crippen LogP contribution in [0.1, 0.15) is 22.8 Å². The molecule has 0 saturated carbocycles. The maximum absolute atomic E-state index is 12.5. The van der Waals surface area contributed by atoms with Gasteiger partial charge < -0.3 is 19.5 Å². The van der Waals surface area contributed by atoms with Gasteiger partial charge in [-0.05, 0) is 37.3 Å². The van der Waals surface area contributed by atoms with Crippen molar-refractivity contribution in [1.82, 2.24) is 5.32 Å². The minimum absolute atomic E-state index is 0.228. The number of ether oxygens (including phenoxy) is 3. The Morgan fingerprint density at radius 3 is 2.68 bits per heavy atom. The van der Waals surface area contributed by atoms with Crippen LogP contribution in [0.4, 0.5) is 0 Å². The Labute approximate surface area is 152 Å². The molecule has 0 heterocycles. The van der Waals surface area contributed by atoms with Crippen molar-refractivity contribution in [3.05, 3.63) is 58.6 Å². The highest BCUT2D eigenvalue weighted by molar-refractivity contribution is 6.30. The van der Waals surface area contributed by atoms with Crippen molar-refractivity contribution < 1.29 is 19.0 Å². The molecule has 0 saturated heterocycles. The number of methoxy groups -OCH3 is 1. The number of rotatable bonds is 9. The van der Waals surface area contributed by atoms with E-state index in [0.717, 1.165) is 5.56 Å². The third-order valence-electron chi connectivity index (χ3n) is 3.50. The molecule has 0 unspecified atom stereocenters. The first-order valence-corrected chi connectivity index (χ1v) is 8.43. The zero-order chi connectivity index (χ0) is 18.1. The van der Waals surface area contributed by atoms with Crippen LogP contribution in [0.5, 0.6) is 11.5 Å². The van der Waals surface area contributed by atoms with E-state index in [9.17, 15) is 4.79 Å². The van der Waals surface area contributed by atoms with Crippen LogP contribution in [-0.2, 0) is 11.3 Å². The molecule has 1 N–H and O–H groups in total. The summed E-state index contributed by atoms with van der Waals surface area (Å²) in [5.41, 5.74) is 1.28. The molecule has 25 heavy (non-hydrogen) atoms. The molecule has 0 spiro atoms. The lowest BCUT2D eigenvalue weighted by atomic mass is 10.1. The van der Waals surface area contributed by atoms with Gasteiger partial charge in [0, 0.05) is 23.7 Å². The lowest BCUT2D eigenvalue weighted by Gasteiger charge is -2.13. The molecule has 0 aromatic heterocycles. The van der Waals surface area contributed by atoms with E-state index in [1.165, 1.54) is 0 Å². The minimum Gasteiger partial charge on any atom is -0.496 e. The largest absolute Gasteiger partial charge is 0.496 e. The second-order valence-corrected chi connectivity index (χ2v) is 5.62. The van der Waals surface area contributed by atoms with Crippen LogP contribution >= 0.6 is 11.6 Å². The number of benzene rings is 2. The molecule has 134 valence electrons. The lowest BCUT2D eigenvalue weighted by molar-refractivity contribution is 0.0933. The maximum atomic E-state index is 12.5. The molecule has 2 aromatic rings. The average Bonchev–Trinajstić information content (AvgIpc) is 2.63. The standard InChI is InChI=1S/C19H22ClNO4/c1-3-24-10-11-25-18-7-5-4-6-16(18)19(22)21-13-14-12-15(20)8-9-17(14)23-2/h4-9,12H,3,10-11,13H2,1-2H3,(H,21,22). The summed E-state index contributed by atoms with van der Waals surface area (Å²) < 4.78 is 16.2. The van der Waals surface area contributed by atoms with Crippen LogP contribution in [0.15, 0.2) is 42.5 Å². The Bertz CT molecular complexity index is 706. The summed E-state index contributed by atoms with van der Waals surface area (Å²) >= 11 is 6.01. The second kappa shape index (κ2) is 9.91. The van der Waals surface area contributed by atoms with Crippen molar-refractivity contribution in [3.63, 3.8) is 0 Å². The van der Waals surface area contributed by atoms with Gasteiger partial charge in [-0.3, -0.25) is 4.79 Å². The molecular weight excluding hydrogens is 342 g/mol. The van der Waals surface area contributed by atoms with Gasteiger partial charge in [-0.25, -0.2) is 0 Å². The summed E-state index contributed by atoms with van der Waals surface area (Å²) in [7, 11) is 1.58. The van der Waals surface area contributed by atoms with E-state index in [4.69, 9.17) is 25.8 Å². The number of halogens is 1. The Balaban J connectivity index is 2.02. The maximum Gasteiger partial charge on any atom is 0.255 e. The SMILES string of the molecule is CCOCCOc1ccccc1C(=O)NCc1cc(Cl)ccc1OC. The summed E-state index contributed by atoms with van der Waals surface area (Å²) in [6.45, 7) is 3.72. The van der Waals surface area contributed by atoms with E-state index >= 15 is 0 Å². The number of hydrogen-bond donors (Lipinski definition) is 1. The van der Waals surface area contributed by atoms with Gasteiger partial charge in [0.1, 0.15) is 18.1 Å². The third-order valence-corrected chi connectivity index (χ3v) is 3.74. The number of amides is 1. The summed E-state index contributed by atoms with van der Waals surface area (Å²) in [5, 5.41) is 3.46. The molecule has 2 aromatic carbocycles. The quantitative estimate of drug-likeness (QED) is 0.690. The number of carbonyl (C=O) groups excluding carboxylic acids is 1. The summed E-state index contributed by atoms with van der Waals surface area (Å²) in [5.74, 6) is 0.970. The number of para-hydroxylation sites is 1. The molecule has 0 aliphatic carbocycles. The van der Waals surface area contributed by atoms with Gasteiger partial charge in [0.2, 0.25) is 0 Å². The fraction of sp³-hybridized carbons (Fsp3) is 0.316. The first-order valence-electron chi connectivity index (χ1n) is 8.06. The fourth-order valence-corrected chi connectivity index (χ4v) is 2.49. The lowest BCUT2D eigenvalue weighted by Crippen LogP contribution is -2.24. The van der Waals surface area contributed by atoms with Crippen LogP contribution in [0.25, 0.3) is 0 Å². The van der Waals surface area contributed by atoms with Crippen molar-refractivity contribution in [2.24, 2.45) is 0 Å². The van der Waals surface area contributed by atoms with Gasteiger partial charge >= 0.3 is 0 Å². The topological polar surface area (TPSA) is 56.8 Å². The molecule has 0 aliphatic heterocycles. The van der Waals surface area contributed by atoms with Crippen LogP contribution in [0, 0.1) is 0 Å². The van der Waals surface area contributed by atoms with Crippen molar-refractivity contribution in [1.29, 1.82) is 0 Å². The molecule has 1 amide bonds. The van der Waals surface area contributed by atoms with Gasteiger partial charge in [-0.2, -0.15) is 0 Å². The van der Waals surface area contributed by atoms with E-state index in [1.54, 1.807) is 43.5 Å². The number of hydrogen-bond acceptors (Lipinski definition) is 4. The highest BCUT2D eigenvalue weighted by atomic mass is 35.5. The zero-order valence-electron chi connectivity index (χ0n) is 14.4. The molecule has 5 nitrogen and oxygen atoms in total. The predicted octanol–water partition coefficient (Wildman–Crippen LogP) is 3.69. The molecule has 2 rings (SSSR count). The Hall–Kier alpha value is -2.24. The molecule has 0 atom stereocenters. The summed E-state index contributed by atoms with van der Waals surface area (Å²) in [6.07, 6.45) is 0. The van der Waals surface area contributed by atoms with E-state index in [1.807, 2.05) is 13.0 Å². The van der Waals surface area contributed by atoms with Gasteiger partial charge in [0.25, 0.3) is 5.91 Å². The monoisotopic (exact) mass is 363 g/mol. The molecule has 0 aliphatic rings. The Morgan fingerprint density at radius 2 is 1.92 bits per heavy atom. The van der Waals surface area contributed by atoms with Crippen molar-refractivity contribution in [2.75, 3.05) is 26.9 Å². The summed E-state index contributed by atoms with van der Waals surface area (Å²) in [4.78, 5) is 12.5. The van der Waals surface area contributed by atoms with Crippen LogP contribution in [0.3, 0.4) is 0 Å². The molecule has 6 heteroatoms. The fourth-order valence-electron chi connectivity index (χ4n) is 2.29. The highest BCUT2D eigenvalue weighted by Crippen LogP contribution is 2.23. The molecule has 0 bridgehead atoms. The van der Waals surface area contributed by atoms with Gasteiger partial charge in [0.05, 0.1) is 19.3 Å². The van der Waals surface area contributed by atoms with Crippen LogP contribution < -0.4 is 14.8 Å². The van der Waals surface area contributed by atoms with Crippen molar-refractivity contribution in [2.45, 2.75) is 13.5 Å². The van der Waals surface area contributed by atoms with Crippen molar-refractivity contribution in [3.8, 4) is 11.5 Å². The van der Waals surface area contributed by atoms with Crippen LogP contribution in [0.2, 0.25) is 5.02 Å². The Morgan fingerprint density at radius 1 is 1.12 bits per heavy atom. The van der Waals surface area contributed by atoms with E-state index < -0.39 is 0 Å². The van der Waals surface area contributed by atoms with Gasteiger partial charge in [-0.1, -0.05) is 23.7 Å². The van der Waals surface area contributed by atoms with Crippen LogP contribution in [-0.4, -0.2) is 32.8 Å².